The molecular weight excluding hydrogens is 279 g/mol. The SMILES string of the molecule is O=[N+]([O-])c1cc(F)cc(CN2CCC(OCCO)CC2)c1. The average Bonchev–Trinajstić information content (AvgIpc) is 2.46. The van der Waals surface area contributed by atoms with Crippen LogP contribution in [0.4, 0.5) is 10.1 Å². The van der Waals surface area contributed by atoms with Gasteiger partial charge in [-0.1, -0.05) is 0 Å². The van der Waals surface area contributed by atoms with Gasteiger partial charge in [0.2, 0.25) is 0 Å². The van der Waals surface area contributed by atoms with Crippen molar-refractivity contribution in [3.8, 4) is 0 Å². The second kappa shape index (κ2) is 7.44. The van der Waals surface area contributed by atoms with E-state index in [-0.39, 0.29) is 18.4 Å². The van der Waals surface area contributed by atoms with Crippen molar-refractivity contribution in [2.75, 3.05) is 26.3 Å². The van der Waals surface area contributed by atoms with Crippen LogP contribution in [-0.2, 0) is 11.3 Å². The van der Waals surface area contributed by atoms with Gasteiger partial charge in [0.25, 0.3) is 5.69 Å². The van der Waals surface area contributed by atoms with E-state index in [2.05, 4.69) is 4.90 Å². The van der Waals surface area contributed by atoms with E-state index < -0.39 is 10.7 Å². The molecule has 1 aliphatic heterocycles. The number of benzene rings is 1. The molecule has 21 heavy (non-hydrogen) atoms. The Bertz CT molecular complexity index is 490. The third-order valence-corrected chi connectivity index (χ3v) is 3.54. The van der Waals surface area contributed by atoms with Gasteiger partial charge in [-0.3, -0.25) is 15.0 Å². The van der Waals surface area contributed by atoms with Crippen molar-refractivity contribution in [1.29, 1.82) is 0 Å². The Balaban J connectivity index is 1.90. The number of halogens is 1. The van der Waals surface area contributed by atoms with Crippen LogP contribution in [0.3, 0.4) is 0 Å². The highest BCUT2D eigenvalue weighted by atomic mass is 19.1. The normalized spacial score (nSPS) is 17.0. The molecule has 0 amide bonds. The highest BCUT2D eigenvalue weighted by molar-refractivity contribution is 5.35. The average molecular weight is 298 g/mol. The Morgan fingerprint density at radius 3 is 2.71 bits per heavy atom. The molecule has 0 spiro atoms. The third kappa shape index (κ3) is 4.73. The van der Waals surface area contributed by atoms with Gasteiger partial charge >= 0.3 is 0 Å². The fraction of sp³-hybridized carbons (Fsp3) is 0.571. The first kappa shape index (κ1) is 15.8. The van der Waals surface area contributed by atoms with E-state index in [1.165, 1.54) is 12.1 Å². The van der Waals surface area contributed by atoms with Crippen LogP contribution in [0.1, 0.15) is 18.4 Å². The molecule has 116 valence electrons. The van der Waals surface area contributed by atoms with Gasteiger partial charge in [-0.25, -0.2) is 4.39 Å². The van der Waals surface area contributed by atoms with Crippen molar-refractivity contribution in [3.05, 3.63) is 39.7 Å². The van der Waals surface area contributed by atoms with Crippen molar-refractivity contribution < 1.29 is 19.2 Å². The summed E-state index contributed by atoms with van der Waals surface area (Å²) < 4.78 is 18.9. The number of likely N-dealkylation sites (tertiary alicyclic amines) is 1. The number of nitro benzene ring substituents is 1. The molecule has 0 aliphatic carbocycles. The van der Waals surface area contributed by atoms with Crippen LogP contribution in [0.15, 0.2) is 18.2 Å². The third-order valence-electron chi connectivity index (χ3n) is 3.54. The monoisotopic (exact) mass is 298 g/mol. The molecule has 1 aliphatic rings. The first-order chi connectivity index (χ1) is 10.1. The molecule has 0 atom stereocenters. The fourth-order valence-electron chi connectivity index (χ4n) is 2.54. The standard InChI is InChI=1S/C14H19FN2O4/c15-12-7-11(8-13(9-12)17(19)20)10-16-3-1-14(2-4-16)21-6-5-18/h7-9,14,18H,1-6,10H2. The number of hydrogen-bond donors (Lipinski definition) is 1. The highest BCUT2D eigenvalue weighted by Gasteiger charge is 2.20. The predicted molar refractivity (Wildman–Crippen MR) is 74.4 cm³/mol. The van der Waals surface area contributed by atoms with Crippen molar-refractivity contribution in [1.82, 2.24) is 4.90 Å². The molecule has 1 saturated heterocycles. The summed E-state index contributed by atoms with van der Waals surface area (Å²) in [6, 6.07) is 3.68. The number of hydrogen-bond acceptors (Lipinski definition) is 5. The lowest BCUT2D eigenvalue weighted by atomic mass is 10.1. The second-order valence-corrected chi connectivity index (χ2v) is 5.14. The molecule has 0 aromatic heterocycles. The molecule has 7 heteroatoms. The van der Waals surface area contributed by atoms with Crippen molar-refractivity contribution in [2.45, 2.75) is 25.5 Å². The number of nitrogens with zero attached hydrogens (tertiary/aromatic N) is 2. The Kier molecular flexibility index (Phi) is 5.60. The largest absolute Gasteiger partial charge is 0.394 e. The number of aliphatic hydroxyl groups excluding tert-OH is 1. The van der Waals surface area contributed by atoms with Gasteiger partial charge in [-0.05, 0) is 24.5 Å². The number of non-ortho nitro benzene ring substituents is 1. The van der Waals surface area contributed by atoms with Crippen LogP contribution in [0.5, 0.6) is 0 Å². The van der Waals surface area contributed by atoms with Gasteiger partial charge in [0.05, 0.1) is 30.3 Å². The molecule has 0 radical (unpaired) electrons. The Morgan fingerprint density at radius 1 is 1.38 bits per heavy atom. The van der Waals surface area contributed by atoms with Gasteiger partial charge in [0, 0.05) is 25.7 Å². The molecular formula is C14H19FN2O4. The number of rotatable bonds is 6. The summed E-state index contributed by atoms with van der Waals surface area (Å²) in [6.45, 7) is 2.44. The van der Waals surface area contributed by atoms with Crippen molar-refractivity contribution in [3.63, 3.8) is 0 Å². The Hall–Kier alpha value is -1.57. The fourth-order valence-corrected chi connectivity index (χ4v) is 2.54. The van der Waals surface area contributed by atoms with Crippen LogP contribution in [0.25, 0.3) is 0 Å². The van der Waals surface area contributed by atoms with E-state index in [1.807, 2.05) is 0 Å². The highest BCUT2D eigenvalue weighted by Crippen LogP contribution is 2.20. The summed E-state index contributed by atoms with van der Waals surface area (Å²) in [5.41, 5.74) is 0.391. The summed E-state index contributed by atoms with van der Waals surface area (Å²) >= 11 is 0. The summed E-state index contributed by atoms with van der Waals surface area (Å²) in [4.78, 5) is 12.3. The van der Waals surface area contributed by atoms with Crippen LogP contribution in [-0.4, -0.2) is 47.3 Å². The molecule has 1 aromatic rings. The van der Waals surface area contributed by atoms with E-state index in [1.54, 1.807) is 0 Å². The van der Waals surface area contributed by atoms with Gasteiger partial charge in [0.15, 0.2) is 0 Å². The minimum Gasteiger partial charge on any atom is -0.394 e. The maximum atomic E-state index is 13.4. The van der Waals surface area contributed by atoms with Crippen LogP contribution in [0.2, 0.25) is 0 Å². The molecule has 1 fully saturated rings. The van der Waals surface area contributed by atoms with Crippen molar-refractivity contribution in [2.24, 2.45) is 0 Å². The minimum atomic E-state index is -0.583. The van der Waals surface area contributed by atoms with Gasteiger partial charge < -0.3 is 9.84 Å². The zero-order valence-electron chi connectivity index (χ0n) is 11.7. The van der Waals surface area contributed by atoms with Crippen LogP contribution >= 0.6 is 0 Å². The maximum absolute atomic E-state index is 13.4. The number of piperidine rings is 1. The smallest absolute Gasteiger partial charge is 0.272 e. The summed E-state index contributed by atoms with van der Waals surface area (Å²) in [6.07, 6.45) is 1.84. The van der Waals surface area contributed by atoms with E-state index in [9.17, 15) is 14.5 Å². The summed E-state index contributed by atoms with van der Waals surface area (Å²) in [5, 5.41) is 19.4. The van der Waals surface area contributed by atoms with Crippen LogP contribution in [0, 0.1) is 15.9 Å². The topological polar surface area (TPSA) is 75.8 Å². The zero-order valence-corrected chi connectivity index (χ0v) is 11.7. The first-order valence-corrected chi connectivity index (χ1v) is 6.97. The first-order valence-electron chi connectivity index (χ1n) is 6.97. The van der Waals surface area contributed by atoms with E-state index >= 15 is 0 Å². The number of aliphatic hydroxyl groups is 1. The molecule has 1 aromatic carbocycles. The van der Waals surface area contributed by atoms with Gasteiger partial charge in [-0.2, -0.15) is 0 Å². The van der Waals surface area contributed by atoms with E-state index in [0.717, 1.165) is 32.0 Å². The van der Waals surface area contributed by atoms with E-state index in [0.29, 0.717) is 18.7 Å². The minimum absolute atomic E-state index is 0.0210. The number of nitro groups is 1. The molecule has 0 unspecified atom stereocenters. The summed E-state index contributed by atoms with van der Waals surface area (Å²) in [5.74, 6) is -0.583. The molecule has 1 N–H and O–H groups in total. The summed E-state index contributed by atoms with van der Waals surface area (Å²) in [7, 11) is 0. The van der Waals surface area contributed by atoms with Crippen molar-refractivity contribution >= 4 is 5.69 Å². The van der Waals surface area contributed by atoms with Crippen LogP contribution < -0.4 is 0 Å². The Morgan fingerprint density at radius 2 is 2.10 bits per heavy atom. The molecule has 2 rings (SSSR count). The Labute approximate surface area is 122 Å². The number of ether oxygens (including phenoxy) is 1. The molecule has 0 saturated carbocycles. The quantitative estimate of drug-likeness (QED) is 0.639. The lowest BCUT2D eigenvalue weighted by Gasteiger charge is -2.31. The molecule has 6 nitrogen and oxygen atoms in total. The lowest BCUT2D eigenvalue weighted by Crippen LogP contribution is -2.36. The van der Waals surface area contributed by atoms with Gasteiger partial charge in [0.1, 0.15) is 5.82 Å². The predicted octanol–water partition coefficient (Wildman–Crippen LogP) is 1.71. The molecule has 1 heterocycles. The lowest BCUT2D eigenvalue weighted by molar-refractivity contribution is -0.385. The second-order valence-electron chi connectivity index (χ2n) is 5.14. The zero-order chi connectivity index (χ0) is 15.2. The van der Waals surface area contributed by atoms with E-state index in [4.69, 9.17) is 9.84 Å². The maximum Gasteiger partial charge on any atom is 0.272 e. The van der Waals surface area contributed by atoms with Gasteiger partial charge in [-0.15, -0.1) is 0 Å². The molecule has 0 bridgehead atoms.